The van der Waals surface area contributed by atoms with Crippen LogP contribution in [0.2, 0.25) is 0 Å². The molecule has 1 aromatic carbocycles. The number of rotatable bonds is 7. The first-order valence-electron chi connectivity index (χ1n) is 7.72. The van der Waals surface area contributed by atoms with Crippen LogP contribution in [-0.4, -0.2) is 48.5 Å². The molecule has 0 bridgehead atoms. The van der Waals surface area contributed by atoms with E-state index >= 15 is 0 Å². The number of piperidine rings is 1. The SMILES string of the molecule is COc1ccc(C(=O)CCCN2CCC(C(=O)O)CC2)cc1. The molecule has 1 aliphatic rings. The largest absolute Gasteiger partial charge is 0.497 e. The van der Waals surface area contributed by atoms with E-state index in [1.807, 2.05) is 0 Å². The molecule has 5 heteroatoms. The molecular formula is C17H23NO4. The minimum Gasteiger partial charge on any atom is -0.497 e. The molecule has 0 aliphatic carbocycles. The number of benzene rings is 1. The van der Waals surface area contributed by atoms with Gasteiger partial charge in [0, 0.05) is 12.0 Å². The third-order valence-electron chi connectivity index (χ3n) is 4.23. The zero-order chi connectivity index (χ0) is 15.9. The molecule has 1 saturated heterocycles. The number of hydrogen-bond donors (Lipinski definition) is 1. The van der Waals surface area contributed by atoms with Gasteiger partial charge in [-0.2, -0.15) is 0 Å². The van der Waals surface area contributed by atoms with Gasteiger partial charge in [-0.15, -0.1) is 0 Å². The van der Waals surface area contributed by atoms with Gasteiger partial charge in [0.2, 0.25) is 0 Å². The Balaban J connectivity index is 1.70. The van der Waals surface area contributed by atoms with Gasteiger partial charge in [0.15, 0.2) is 5.78 Å². The van der Waals surface area contributed by atoms with E-state index in [-0.39, 0.29) is 11.7 Å². The number of nitrogens with zero attached hydrogens (tertiary/aromatic N) is 1. The number of hydrogen-bond acceptors (Lipinski definition) is 4. The van der Waals surface area contributed by atoms with Crippen molar-refractivity contribution in [3.05, 3.63) is 29.8 Å². The monoisotopic (exact) mass is 305 g/mol. The molecule has 120 valence electrons. The number of ether oxygens (including phenoxy) is 1. The maximum Gasteiger partial charge on any atom is 0.306 e. The Labute approximate surface area is 130 Å². The lowest BCUT2D eigenvalue weighted by atomic mass is 9.97. The van der Waals surface area contributed by atoms with E-state index in [0.717, 1.165) is 31.8 Å². The molecule has 0 unspecified atom stereocenters. The minimum absolute atomic E-state index is 0.142. The summed E-state index contributed by atoms with van der Waals surface area (Å²) in [5.41, 5.74) is 0.713. The molecule has 0 aromatic heterocycles. The molecule has 2 rings (SSSR count). The van der Waals surface area contributed by atoms with Crippen molar-refractivity contribution in [1.29, 1.82) is 0 Å². The van der Waals surface area contributed by atoms with Gasteiger partial charge < -0.3 is 14.7 Å². The lowest BCUT2D eigenvalue weighted by molar-refractivity contribution is -0.143. The molecular weight excluding hydrogens is 282 g/mol. The number of Topliss-reactive ketones (excluding diaryl/α,β-unsaturated/α-hetero) is 1. The number of carboxylic acids is 1. The van der Waals surface area contributed by atoms with Crippen LogP contribution in [0.1, 0.15) is 36.0 Å². The summed E-state index contributed by atoms with van der Waals surface area (Å²) in [6, 6.07) is 7.17. The van der Waals surface area contributed by atoms with Gasteiger partial charge in [0.05, 0.1) is 13.0 Å². The third kappa shape index (κ3) is 4.56. The predicted molar refractivity (Wildman–Crippen MR) is 83.4 cm³/mol. The van der Waals surface area contributed by atoms with E-state index in [9.17, 15) is 9.59 Å². The van der Waals surface area contributed by atoms with Crippen LogP contribution < -0.4 is 4.74 Å². The van der Waals surface area contributed by atoms with Crippen LogP contribution in [0, 0.1) is 5.92 Å². The van der Waals surface area contributed by atoms with Gasteiger partial charge in [-0.3, -0.25) is 9.59 Å². The molecule has 0 atom stereocenters. The Morgan fingerprint density at radius 2 is 1.86 bits per heavy atom. The van der Waals surface area contributed by atoms with E-state index < -0.39 is 5.97 Å². The Morgan fingerprint density at radius 3 is 2.41 bits per heavy atom. The van der Waals surface area contributed by atoms with E-state index in [2.05, 4.69) is 4.90 Å². The van der Waals surface area contributed by atoms with Crippen molar-refractivity contribution in [3.63, 3.8) is 0 Å². The second-order valence-corrected chi connectivity index (χ2v) is 5.71. The highest BCUT2D eigenvalue weighted by atomic mass is 16.5. The summed E-state index contributed by atoms with van der Waals surface area (Å²) in [7, 11) is 1.60. The highest BCUT2D eigenvalue weighted by molar-refractivity contribution is 5.96. The second-order valence-electron chi connectivity index (χ2n) is 5.71. The number of carbonyl (C=O) groups is 2. The number of ketones is 1. The van der Waals surface area contributed by atoms with Crippen LogP contribution in [0.5, 0.6) is 5.75 Å². The lowest BCUT2D eigenvalue weighted by Crippen LogP contribution is -2.36. The topological polar surface area (TPSA) is 66.8 Å². The van der Waals surface area contributed by atoms with Crippen molar-refractivity contribution in [3.8, 4) is 5.75 Å². The molecule has 5 nitrogen and oxygen atoms in total. The van der Waals surface area contributed by atoms with Crippen LogP contribution in [-0.2, 0) is 4.79 Å². The number of methoxy groups -OCH3 is 1. The maximum atomic E-state index is 12.1. The highest BCUT2D eigenvalue weighted by Crippen LogP contribution is 2.18. The van der Waals surface area contributed by atoms with Gasteiger partial charge in [-0.1, -0.05) is 0 Å². The lowest BCUT2D eigenvalue weighted by Gasteiger charge is -2.29. The van der Waals surface area contributed by atoms with Gasteiger partial charge >= 0.3 is 5.97 Å². The smallest absolute Gasteiger partial charge is 0.306 e. The molecule has 0 saturated carbocycles. The number of likely N-dealkylation sites (tertiary alicyclic amines) is 1. The summed E-state index contributed by atoms with van der Waals surface area (Å²) >= 11 is 0. The Hall–Kier alpha value is -1.88. The number of carboxylic acid groups (broad SMARTS) is 1. The summed E-state index contributed by atoms with van der Waals surface area (Å²) in [6.45, 7) is 2.48. The predicted octanol–water partition coefficient (Wildman–Crippen LogP) is 2.45. The maximum absolute atomic E-state index is 12.1. The summed E-state index contributed by atoms with van der Waals surface area (Å²) in [5.74, 6) is 0.00689. The molecule has 1 aromatic rings. The van der Waals surface area contributed by atoms with E-state index in [1.165, 1.54) is 0 Å². The third-order valence-corrected chi connectivity index (χ3v) is 4.23. The zero-order valence-corrected chi connectivity index (χ0v) is 13.0. The van der Waals surface area contributed by atoms with Crippen molar-refractivity contribution in [2.24, 2.45) is 5.92 Å². The standard InChI is InChI=1S/C17H23NO4/c1-22-15-6-4-13(5-7-15)16(19)3-2-10-18-11-8-14(9-12-18)17(20)21/h4-7,14H,2-3,8-12H2,1H3,(H,20,21). The van der Waals surface area contributed by atoms with Gasteiger partial charge in [-0.25, -0.2) is 0 Å². The van der Waals surface area contributed by atoms with Crippen molar-refractivity contribution < 1.29 is 19.4 Å². The van der Waals surface area contributed by atoms with Gasteiger partial charge in [0.25, 0.3) is 0 Å². The van der Waals surface area contributed by atoms with Crippen LogP contribution in [0.3, 0.4) is 0 Å². The Morgan fingerprint density at radius 1 is 1.23 bits per heavy atom. The molecule has 1 heterocycles. The first-order chi connectivity index (χ1) is 10.6. The molecule has 1 N–H and O–H groups in total. The minimum atomic E-state index is -0.686. The first-order valence-corrected chi connectivity index (χ1v) is 7.72. The van der Waals surface area contributed by atoms with Crippen LogP contribution in [0.25, 0.3) is 0 Å². The number of aliphatic carboxylic acids is 1. The van der Waals surface area contributed by atoms with Gasteiger partial charge in [0.1, 0.15) is 5.75 Å². The summed E-state index contributed by atoms with van der Waals surface area (Å²) in [5, 5.41) is 8.96. The molecule has 22 heavy (non-hydrogen) atoms. The summed E-state index contributed by atoms with van der Waals surface area (Å²) < 4.78 is 5.08. The van der Waals surface area contributed by atoms with E-state index in [0.29, 0.717) is 24.8 Å². The highest BCUT2D eigenvalue weighted by Gasteiger charge is 2.24. The summed E-state index contributed by atoms with van der Waals surface area (Å²) in [4.78, 5) is 25.2. The molecule has 0 amide bonds. The molecule has 0 radical (unpaired) electrons. The fourth-order valence-corrected chi connectivity index (χ4v) is 2.79. The first kappa shape index (κ1) is 16.5. The van der Waals surface area contributed by atoms with Crippen LogP contribution in [0.4, 0.5) is 0 Å². The van der Waals surface area contributed by atoms with E-state index in [4.69, 9.17) is 9.84 Å². The normalized spacial score (nSPS) is 16.4. The van der Waals surface area contributed by atoms with Crippen molar-refractivity contribution >= 4 is 11.8 Å². The van der Waals surface area contributed by atoms with Crippen LogP contribution >= 0.6 is 0 Å². The fourth-order valence-electron chi connectivity index (χ4n) is 2.79. The second kappa shape index (κ2) is 7.94. The van der Waals surface area contributed by atoms with Crippen molar-refractivity contribution in [1.82, 2.24) is 4.90 Å². The van der Waals surface area contributed by atoms with Crippen LogP contribution in [0.15, 0.2) is 24.3 Å². The fraction of sp³-hybridized carbons (Fsp3) is 0.529. The average molecular weight is 305 g/mol. The average Bonchev–Trinajstić information content (AvgIpc) is 2.55. The molecule has 1 fully saturated rings. The van der Waals surface area contributed by atoms with Crippen molar-refractivity contribution in [2.45, 2.75) is 25.7 Å². The van der Waals surface area contributed by atoms with Gasteiger partial charge in [-0.05, 0) is 63.2 Å². The zero-order valence-electron chi connectivity index (χ0n) is 13.0. The number of carbonyl (C=O) groups excluding carboxylic acids is 1. The quantitative estimate of drug-likeness (QED) is 0.784. The molecule has 1 aliphatic heterocycles. The Kier molecular flexibility index (Phi) is 5.95. The summed E-state index contributed by atoms with van der Waals surface area (Å²) in [6.07, 6.45) is 2.75. The Bertz CT molecular complexity index is 504. The van der Waals surface area contributed by atoms with E-state index in [1.54, 1.807) is 31.4 Å². The molecule has 0 spiro atoms. The van der Waals surface area contributed by atoms with Crippen molar-refractivity contribution in [2.75, 3.05) is 26.7 Å².